The molecule has 1 atom stereocenters. The molecule has 3 N–H and O–H groups in total. The predicted molar refractivity (Wildman–Crippen MR) is 74.7 cm³/mol. The van der Waals surface area contributed by atoms with E-state index in [0.29, 0.717) is 10.6 Å². The van der Waals surface area contributed by atoms with Crippen LogP contribution in [0, 0.1) is 5.41 Å². The Kier molecular flexibility index (Phi) is 4.09. The third kappa shape index (κ3) is 2.76. The zero-order valence-electron chi connectivity index (χ0n) is 10.4. The second-order valence-electron chi connectivity index (χ2n) is 4.53. The van der Waals surface area contributed by atoms with E-state index in [9.17, 15) is 0 Å². The number of nitrogens with two attached hydrogens (primary N) is 1. The summed E-state index contributed by atoms with van der Waals surface area (Å²) in [6, 6.07) is 5.51. The van der Waals surface area contributed by atoms with E-state index >= 15 is 0 Å². The molecule has 1 saturated heterocycles. The topological polar surface area (TPSA) is 62.3 Å². The molecule has 1 heterocycles. The van der Waals surface area contributed by atoms with Crippen LogP contribution in [0.1, 0.15) is 18.4 Å². The van der Waals surface area contributed by atoms with Gasteiger partial charge in [-0.3, -0.25) is 5.41 Å². The van der Waals surface area contributed by atoms with Crippen molar-refractivity contribution in [3.05, 3.63) is 28.8 Å². The van der Waals surface area contributed by atoms with Crippen LogP contribution in [0.2, 0.25) is 5.02 Å². The minimum Gasteiger partial charge on any atom is -0.384 e. The highest BCUT2D eigenvalue weighted by atomic mass is 35.5. The Bertz CT molecular complexity index is 450. The van der Waals surface area contributed by atoms with Gasteiger partial charge in [0.1, 0.15) is 5.84 Å². The Hall–Kier alpha value is -1.26. The third-order valence-corrected chi connectivity index (χ3v) is 3.61. The SMILES string of the molecule is COC1CCCN(c2ccc(C(=N)N)cc2Cl)C1. The Morgan fingerprint density at radius 3 is 2.94 bits per heavy atom. The molecule has 1 aliphatic heterocycles. The maximum atomic E-state index is 7.39. The van der Waals surface area contributed by atoms with Crippen molar-refractivity contribution in [2.24, 2.45) is 5.73 Å². The molecule has 0 aliphatic carbocycles. The van der Waals surface area contributed by atoms with Gasteiger partial charge in [-0.1, -0.05) is 11.6 Å². The van der Waals surface area contributed by atoms with Crippen molar-refractivity contribution in [2.75, 3.05) is 25.1 Å². The summed E-state index contributed by atoms with van der Waals surface area (Å²) in [5.41, 5.74) is 7.09. The summed E-state index contributed by atoms with van der Waals surface area (Å²) >= 11 is 6.26. The van der Waals surface area contributed by atoms with Gasteiger partial charge in [0.15, 0.2) is 0 Å². The molecule has 98 valence electrons. The number of nitrogens with zero attached hydrogens (tertiary/aromatic N) is 1. The number of hydrogen-bond acceptors (Lipinski definition) is 3. The van der Waals surface area contributed by atoms with Crippen molar-refractivity contribution in [2.45, 2.75) is 18.9 Å². The summed E-state index contributed by atoms with van der Waals surface area (Å²) in [6.07, 6.45) is 2.46. The van der Waals surface area contributed by atoms with E-state index in [1.54, 1.807) is 13.2 Å². The molecule has 0 amide bonds. The van der Waals surface area contributed by atoms with Crippen LogP contribution in [-0.4, -0.2) is 32.1 Å². The van der Waals surface area contributed by atoms with Crippen LogP contribution in [0.4, 0.5) is 5.69 Å². The fourth-order valence-corrected chi connectivity index (χ4v) is 2.58. The van der Waals surface area contributed by atoms with Gasteiger partial charge in [0.25, 0.3) is 0 Å². The monoisotopic (exact) mass is 267 g/mol. The molecular formula is C13H18ClN3O. The number of piperidine rings is 1. The van der Waals surface area contributed by atoms with Crippen LogP contribution < -0.4 is 10.6 Å². The predicted octanol–water partition coefficient (Wildman–Crippen LogP) is 2.24. The van der Waals surface area contributed by atoms with Crippen LogP contribution in [0.5, 0.6) is 0 Å². The van der Waals surface area contributed by atoms with Crippen LogP contribution >= 0.6 is 11.6 Å². The number of anilines is 1. The van der Waals surface area contributed by atoms with E-state index in [2.05, 4.69) is 4.90 Å². The number of halogens is 1. The standard InChI is InChI=1S/C13H18ClN3O/c1-18-10-3-2-6-17(8-10)12-5-4-9(13(15)16)7-11(12)14/h4-5,7,10H,2-3,6,8H2,1H3,(H3,15,16). The van der Waals surface area contributed by atoms with Gasteiger partial charge in [-0.05, 0) is 31.0 Å². The molecule has 5 heteroatoms. The minimum atomic E-state index is 0.0388. The van der Waals surface area contributed by atoms with Gasteiger partial charge < -0.3 is 15.4 Å². The summed E-state index contributed by atoms with van der Waals surface area (Å²) in [5.74, 6) is 0.0388. The zero-order chi connectivity index (χ0) is 13.1. The van der Waals surface area contributed by atoms with Crippen molar-refractivity contribution in [3.8, 4) is 0 Å². The average Bonchev–Trinajstić information content (AvgIpc) is 2.38. The Balaban J connectivity index is 2.20. The summed E-state index contributed by atoms with van der Waals surface area (Å²) in [7, 11) is 1.74. The smallest absolute Gasteiger partial charge is 0.122 e. The second-order valence-corrected chi connectivity index (χ2v) is 4.93. The van der Waals surface area contributed by atoms with Gasteiger partial charge in [0, 0.05) is 25.8 Å². The first kappa shape index (κ1) is 13.2. The molecule has 0 bridgehead atoms. The number of amidine groups is 1. The van der Waals surface area contributed by atoms with Crippen molar-refractivity contribution in [1.82, 2.24) is 0 Å². The van der Waals surface area contributed by atoms with Gasteiger partial charge in [0.2, 0.25) is 0 Å². The molecule has 2 rings (SSSR count). The van der Waals surface area contributed by atoms with Crippen LogP contribution in [0.15, 0.2) is 18.2 Å². The first-order chi connectivity index (χ1) is 8.61. The maximum absolute atomic E-state index is 7.39. The Morgan fingerprint density at radius 2 is 2.33 bits per heavy atom. The largest absolute Gasteiger partial charge is 0.384 e. The van der Waals surface area contributed by atoms with Crippen molar-refractivity contribution in [1.29, 1.82) is 5.41 Å². The number of benzene rings is 1. The molecule has 1 unspecified atom stereocenters. The van der Waals surface area contributed by atoms with Crippen molar-refractivity contribution < 1.29 is 4.74 Å². The van der Waals surface area contributed by atoms with Crippen molar-refractivity contribution in [3.63, 3.8) is 0 Å². The van der Waals surface area contributed by atoms with E-state index in [1.807, 2.05) is 12.1 Å². The lowest BCUT2D eigenvalue weighted by molar-refractivity contribution is 0.0893. The number of hydrogen-bond donors (Lipinski definition) is 2. The number of nitrogen functional groups attached to an aromatic ring is 1. The Labute approximate surface area is 112 Å². The lowest BCUT2D eigenvalue weighted by Gasteiger charge is -2.34. The van der Waals surface area contributed by atoms with Crippen LogP contribution in [0.25, 0.3) is 0 Å². The van der Waals surface area contributed by atoms with Gasteiger partial charge in [-0.2, -0.15) is 0 Å². The molecule has 4 nitrogen and oxygen atoms in total. The fraction of sp³-hybridized carbons (Fsp3) is 0.462. The summed E-state index contributed by atoms with van der Waals surface area (Å²) < 4.78 is 5.41. The molecule has 18 heavy (non-hydrogen) atoms. The highest BCUT2D eigenvalue weighted by Gasteiger charge is 2.21. The van der Waals surface area contributed by atoms with Gasteiger partial charge in [-0.15, -0.1) is 0 Å². The van der Waals surface area contributed by atoms with Gasteiger partial charge in [-0.25, -0.2) is 0 Å². The number of methoxy groups -OCH3 is 1. The van der Waals surface area contributed by atoms with Gasteiger partial charge >= 0.3 is 0 Å². The normalized spacial score (nSPS) is 19.9. The van der Waals surface area contributed by atoms with E-state index in [-0.39, 0.29) is 11.9 Å². The van der Waals surface area contributed by atoms with E-state index in [1.165, 1.54) is 0 Å². The molecule has 1 aromatic carbocycles. The first-order valence-corrected chi connectivity index (χ1v) is 6.41. The molecule has 0 radical (unpaired) electrons. The molecule has 1 aromatic rings. The molecule has 0 aromatic heterocycles. The first-order valence-electron chi connectivity index (χ1n) is 6.03. The summed E-state index contributed by atoms with van der Waals surface area (Å²) in [4.78, 5) is 2.23. The van der Waals surface area contributed by atoms with E-state index in [0.717, 1.165) is 31.6 Å². The molecule has 1 aliphatic rings. The van der Waals surface area contributed by atoms with Crippen LogP contribution in [0.3, 0.4) is 0 Å². The quantitative estimate of drug-likeness (QED) is 0.652. The van der Waals surface area contributed by atoms with E-state index in [4.69, 9.17) is 27.5 Å². The number of rotatable bonds is 3. The van der Waals surface area contributed by atoms with Crippen LogP contribution in [-0.2, 0) is 4.74 Å². The fourth-order valence-electron chi connectivity index (χ4n) is 2.28. The highest BCUT2D eigenvalue weighted by Crippen LogP contribution is 2.29. The average molecular weight is 268 g/mol. The number of ether oxygens (including phenoxy) is 1. The second kappa shape index (κ2) is 5.59. The highest BCUT2D eigenvalue weighted by molar-refractivity contribution is 6.33. The summed E-state index contributed by atoms with van der Waals surface area (Å²) in [5, 5.41) is 8.03. The molecule has 0 spiro atoms. The Morgan fingerprint density at radius 1 is 1.56 bits per heavy atom. The lowest BCUT2D eigenvalue weighted by Crippen LogP contribution is -2.39. The minimum absolute atomic E-state index is 0.0388. The van der Waals surface area contributed by atoms with Gasteiger partial charge in [0.05, 0.1) is 16.8 Å². The third-order valence-electron chi connectivity index (χ3n) is 3.31. The molecule has 0 saturated carbocycles. The van der Waals surface area contributed by atoms with Crippen molar-refractivity contribution >= 4 is 23.1 Å². The zero-order valence-corrected chi connectivity index (χ0v) is 11.2. The van der Waals surface area contributed by atoms with E-state index < -0.39 is 0 Å². The lowest BCUT2D eigenvalue weighted by atomic mass is 10.1. The molecular weight excluding hydrogens is 250 g/mol. The number of nitrogens with one attached hydrogen (secondary N) is 1. The summed E-state index contributed by atoms with van der Waals surface area (Å²) in [6.45, 7) is 1.84. The molecule has 1 fully saturated rings. The maximum Gasteiger partial charge on any atom is 0.122 e.